The summed E-state index contributed by atoms with van der Waals surface area (Å²) in [5, 5.41) is 0.381. The molecule has 0 aromatic rings. The van der Waals surface area contributed by atoms with E-state index in [4.69, 9.17) is 0 Å². The molecule has 0 aromatic carbocycles. The van der Waals surface area contributed by atoms with Crippen molar-refractivity contribution >= 4 is 12.6 Å². The Kier molecular flexibility index (Phi) is 2.74. The molecule has 0 fully saturated rings. The molecule has 2 rings (SSSR count). The number of hydrogen-bond donors (Lipinski definition) is 1. The van der Waals surface area contributed by atoms with Gasteiger partial charge in [-0.25, -0.2) is 0 Å². The van der Waals surface area contributed by atoms with Crippen LogP contribution in [0.25, 0.3) is 0 Å². The van der Waals surface area contributed by atoms with Crippen molar-refractivity contribution < 1.29 is 0 Å². The van der Waals surface area contributed by atoms with Gasteiger partial charge in [-0.3, -0.25) is 0 Å². The molecule has 3 atom stereocenters. The van der Waals surface area contributed by atoms with Crippen LogP contribution < -0.4 is 0 Å². The van der Waals surface area contributed by atoms with Crippen LogP contribution in [0.3, 0.4) is 0 Å². The zero-order chi connectivity index (χ0) is 9.10. The van der Waals surface area contributed by atoms with Crippen molar-refractivity contribution in [1.82, 2.24) is 0 Å². The second kappa shape index (κ2) is 4.01. The van der Waals surface area contributed by atoms with Crippen LogP contribution in [0.1, 0.15) is 6.42 Å². The van der Waals surface area contributed by atoms with Crippen LogP contribution in [0, 0.1) is 11.8 Å². The van der Waals surface area contributed by atoms with Gasteiger partial charge >= 0.3 is 0 Å². The Hall–Kier alpha value is -0.690. The molecule has 1 heteroatoms. The van der Waals surface area contributed by atoms with Crippen molar-refractivity contribution in [2.75, 3.05) is 0 Å². The molecule has 3 unspecified atom stereocenters. The second-order valence-electron chi connectivity index (χ2n) is 3.55. The number of rotatable bonds is 1. The summed E-state index contributed by atoms with van der Waals surface area (Å²) in [6.07, 6.45) is 18.6. The molecular weight excluding hydrogens is 176 g/mol. The molecule has 0 bridgehead atoms. The maximum atomic E-state index is 4.57. The van der Waals surface area contributed by atoms with Crippen molar-refractivity contribution in [1.29, 1.82) is 0 Å². The fraction of sp³-hybridized carbons (Fsp3) is 0.333. The third kappa shape index (κ3) is 1.97. The lowest BCUT2D eigenvalue weighted by Gasteiger charge is -2.27. The molecule has 2 aliphatic carbocycles. The summed E-state index contributed by atoms with van der Waals surface area (Å²) in [4.78, 5) is 0. The molecule has 13 heavy (non-hydrogen) atoms. The average molecular weight is 190 g/mol. The monoisotopic (exact) mass is 190 g/mol. The first-order valence-electron chi connectivity index (χ1n) is 4.74. The van der Waals surface area contributed by atoms with E-state index in [0.29, 0.717) is 17.1 Å². The molecule has 0 radical (unpaired) electrons. The van der Waals surface area contributed by atoms with E-state index in [1.54, 1.807) is 0 Å². The van der Waals surface area contributed by atoms with Gasteiger partial charge in [-0.15, -0.1) is 0 Å². The lowest BCUT2D eigenvalue weighted by molar-refractivity contribution is 0.487. The maximum absolute atomic E-state index is 4.57. The summed E-state index contributed by atoms with van der Waals surface area (Å²) in [6.45, 7) is 0. The van der Waals surface area contributed by atoms with Gasteiger partial charge in [0.05, 0.1) is 0 Å². The molecule has 0 aromatic heterocycles. The van der Waals surface area contributed by atoms with Gasteiger partial charge in [0.15, 0.2) is 0 Å². The summed E-state index contributed by atoms with van der Waals surface area (Å²) in [6, 6.07) is 0. The predicted octanol–water partition coefficient (Wildman–Crippen LogP) is 3.16. The third-order valence-electron chi connectivity index (χ3n) is 2.66. The van der Waals surface area contributed by atoms with Gasteiger partial charge in [-0.05, 0) is 18.3 Å². The summed E-state index contributed by atoms with van der Waals surface area (Å²) in [5.41, 5.74) is 0. The maximum Gasteiger partial charge on any atom is 0.0268 e. The van der Waals surface area contributed by atoms with E-state index in [0.717, 1.165) is 6.42 Å². The first-order valence-corrected chi connectivity index (χ1v) is 5.26. The normalized spacial score (nSPS) is 36.8. The first kappa shape index (κ1) is 8.89. The minimum Gasteiger partial charge on any atom is -0.171 e. The van der Waals surface area contributed by atoms with Crippen LogP contribution in [-0.4, -0.2) is 5.25 Å². The molecule has 0 heterocycles. The highest BCUT2D eigenvalue weighted by molar-refractivity contribution is 7.81. The Morgan fingerprint density at radius 2 is 1.69 bits per heavy atom. The van der Waals surface area contributed by atoms with Crippen molar-refractivity contribution in [2.45, 2.75) is 11.7 Å². The zero-order valence-electron chi connectivity index (χ0n) is 7.51. The lowest BCUT2D eigenvalue weighted by atomic mass is 9.83. The summed E-state index contributed by atoms with van der Waals surface area (Å²) in [7, 11) is 0. The van der Waals surface area contributed by atoms with Crippen molar-refractivity contribution in [3.05, 3.63) is 48.6 Å². The quantitative estimate of drug-likeness (QED) is 0.603. The topological polar surface area (TPSA) is 0 Å². The Labute approximate surface area is 85.1 Å². The molecule has 0 saturated heterocycles. The molecule has 0 amide bonds. The molecule has 0 saturated carbocycles. The van der Waals surface area contributed by atoms with Crippen molar-refractivity contribution in [3.8, 4) is 0 Å². The fourth-order valence-electron chi connectivity index (χ4n) is 1.89. The molecule has 0 N–H and O–H groups in total. The van der Waals surface area contributed by atoms with Gasteiger partial charge < -0.3 is 0 Å². The number of thiol groups is 1. The van der Waals surface area contributed by atoms with E-state index in [1.165, 1.54) is 0 Å². The van der Waals surface area contributed by atoms with Crippen LogP contribution in [0.5, 0.6) is 0 Å². The Bertz CT molecular complexity index is 283. The van der Waals surface area contributed by atoms with Gasteiger partial charge in [0.1, 0.15) is 0 Å². The van der Waals surface area contributed by atoms with Crippen LogP contribution >= 0.6 is 12.6 Å². The Balaban J connectivity index is 2.08. The van der Waals surface area contributed by atoms with E-state index < -0.39 is 0 Å². The van der Waals surface area contributed by atoms with Crippen LogP contribution in [-0.2, 0) is 0 Å². The van der Waals surface area contributed by atoms with Gasteiger partial charge in [-0.1, -0.05) is 48.6 Å². The SMILES string of the molecule is SC1C=CC=CC1C1C=CC=CC1. The molecule has 68 valence electrons. The standard InChI is InChI=1S/C12H14S/c13-12-9-5-4-8-11(12)10-6-2-1-3-7-10/h1-6,8-13H,7H2. The first-order chi connectivity index (χ1) is 6.38. The van der Waals surface area contributed by atoms with Crippen LogP contribution in [0.2, 0.25) is 0 Å². The van der Waals surface area contributed by atoms with E-state index >= 15 is 0 Å². The highest BCUT2D eigenvalue weighted by atomic mass is 32.1. The minimum absolute atomic E-state index is 0.381. The van der Waals surface area contributed by atoms with Gasteiger partial charge in [0.2, 0.25) is 0 Å². The van der Waals surface area contributed by atoms with E-state index in [2.05, 4.69) is 61.2 Å². The molecule has 0 nitrogen and oxygen atoms in total. The summed E-state index contributed by atoms with van der Waals surface area (Å²) < 4.78 is 0. The summed E-state index contributed by atoms with van der Waals surface area (Å²) >= 11 is 4.57. The number of hydrogen-bond acceptors (Lipinski definition) is 1. The smallest absolute Gasteiger partial charge is 0.0268 e. The Morgan fingerprint density at radius 3 is 2.38 bits per heavy atom. The second-order valence-corrected chi connectivity index (χ2v) is 4.15. The third-order valence-corrected chi connectivity index (χ3v) is 3.17. The van der Waals surface area contributed by atoms with E-state index in [9.17, 15) is 0 Å². The van der Waals surface area contributed by atoms with Crippen LogP contribution in [0.15, 0.2) is 48.6 Å². The molecular formula is C12H14S. The van der Waals surface area contributed by atoms with Gasteiger partial charge in [0, 0.05) is 5.25 Å². The fourth-order valence-corrected chi connectivity index (χ4v) is 2.31. The molecule has 0 spiro atoms. The highest BCUT2D eigenvalue weighted by Gasteiger charge is 2.22. The number of allylic oxidation sites excluding steroid dienone is 7. The lowest BCUT2D eigenvalue weighted by Crippen LogP contribution is -2.21. The van der Waals surface area contributed by atoms with E-state index in [-0.39, 0.29) is 0 Å². The predicted molar refractivity (Wildman–Crippen MR) is 60.9 cm³/mol. The molecule has 0 aliphatic heterocycles. The minimum atomic E-state index is 0.381. The highest BCUT2D eigenvalue weighted by Crippen LogP contribution is 2.30. The average Bonchev–Trinajstić information content (AvgIpc) is 2.20. The van der Waals surface area contributed by atoms with Crippen molar-refractivity contribution in [3.63, 3.8) is 0 Å². The Morgan fingerprint density at radius 1 is 0.923 bits per heavy atom. The largest absolute Gasteiger partial charge is 0.171 e. The molecule has 2 aliphatic rings. The van der Waals surface area contributed by atoms with Crippen molar-refractivity contribution in [2.24, 2.45) is 11.8 Å². The van der Waals surface area contributed by atoms with Gasteiger partial charge in [0.25, 0.3) is 0 Å². The van der Waals surface area contributed by atoms with Gasteiger partial charge in [-0.2, -0.15) is 12.6 Å². The van der Waals surface area contributed by atoms with E-state index in [1.807, 2.05) is 0 Å². The summed E-state index contributed by atoms with van der Waals surface area (Å²) in [5.74, 6) is 1.20. The van der Waals surface area contributed by atoms with Crippen LogP contribution in [0.4, 0.5) is 0 Å². The zero-order valence-corrected chi connectivity index (χ0v) is 8.40.